The van der Waals surface area contributed by atoms with Crippen molar-refractivity contribution in [3.63, 3.8) is 0 Å². The van der Waals surface area contributed by atoms with E-state index < -0.39 is 24.6 Å². The minimum absolute atomic E-state index is 0.545. The summed E-state index contributed by atoms with van der Waals surface area (Å²) in [5, 5.41) is 25.4. The quantitative estimate of drug-likeness (QED) is 0.406. The summed E-state index contributed by atoms with van der Waals surface area (Å²) in [5.74, 6) is -0.545. The van der Waals surface area contributed by atoms with E-state index >= 15 is 0 Å². The van der Waals surface area contributed by atoms with Crippen LogP contribution in [-0.4, -0.2) is 39.9 Å². The highest BCUT2D eigenvalue weighted by atomic mass is 16.5. The van der Waals surface area contributed by atoms with Crippen LogP contribution in [0.3, 0.4) is 0 Å². The summed E-state index contributed by atoms with van der Waals surface area (Å²) in [6.07, 6.45) is -2.79. The molecule has 0 unspecified atom stereocenters. The molecule has 0 aromatic carbocycles. The lowest BCUT2D eigenvalue weighted by Crippen LogP contribution is -2.34. The number of hydrogen-bond donors (Lipinski definition) is 3. The fourth-order valence-electron chi connectivity index (χ4n) is 0.371. The molecule has 0 aromatic rings. The molecule has 0 aliphatic heterocycles. The Labute approximate surface area is 52.7 Å². The van der Waals surface area contributed by atoms with Crippen LogP contribution in [0, 0.1) is 0 Å². The lowest BCUT2D eigenvalue weighted by atomic mass is 11.0. The zero-order chi connectivity index (χ0) is 7.44. The van der Waals surface area contributed by atoms with E-state index in [0.717, 1.165) is 6.92 Å². The minimum atomic E-state index is -1.45. The van der Waals surface area contributed by atoms with E-state index in [2.05, 4.69) is 0 Å². The fraction of sp³-hybridized carbons (Fsp3) is 0.800. The number of Topliss-reactive ketones (excluding diaryl/α,β-unsaturated/α-hetero) is 1. The summed E-state index contributed by atoms with van der Waals surface area (Å²) in [6, 6.07) is 0. The predicted octanol–water partition coefficient (Wildman–Crippen LogP) is -1.71. The lowest BCUT2D eigenvalue weighted by molar-refractivity contribution is -0.132. The second kappa shape index (κ2) is 3.55. The summed E-state index contributed by atoms with van der Waals surface area (Å²) >= 11 is 0. The molecule has 2 atom stereocenters. The molecule has 0 aliphatic rings. The van der Waals surface area contributed by atoms with Crippen molar-refractivity contribution in [2.75, 3.05) is 6.61 Å². The Morgan fingerprint density at radius 2 is 2.00 bits per heavy atom. The van der Waals surface area contributed by atoms with Crippen molar-refractivity contribution in [1.29, 1.82) is 0 Å². The van der Waals surface area contributed by atoms with Crippen LogP contribution < -0.4 is 0 Å². The van der Waals surface area contributed by atoms with Crippen molar-refractivity contribution >= 4 is 5.78 Å². The summed E-state index contributed by atoms with van der Waals surface area (Å²) < 4.78 is 0. The van der Waals surface area contributed by atoms with Gasteiger partial charge in [-0.2, -0.15) is 0 Å². The van der Waals surface area contributed by atoms with E-state index in [1.54, 1.807) is 0 Å². The SMILES string of the molecule is C[13C](=O)[13C@@H](O)[13C@H](O)[13CH2]O. The zero-order valence-corrected chi connectivity index (χ0v) is 5.11. The Morgan fingerprint density at radius 1 is 1.56 bits per heavy atom. The third-order valence-corrected chi connectivity index (χ3v) is 0.968. The second-order valence-corrected chi connectivity index (χ2v) is 1.81. The van der Waals surface area contributed by atoms with Crippen LogP contribution in [0.4, 0.5) is 0 Å². The lowest BCUT2D eigenvalue weighted by Gasteiger charge is -2.10. The minimum Gasteiger partial charge on any atom is -0.394 e. The van der Waals surface area contributed by atoms with Gasteiger partial charge in [0, 0.05) is 0 Å². The van der Waals surface area contributed by atoms with E-state index in [-0.39, 0.29) is 0 Å². The van der Waals surface area contributed by atoms with E-state index in [4.69, 9.17) is 15.3 Å². The highest BCUT2D eigenvalue weighted by molar-refractivity contribution is 5.80. The van der Waals surface area contributed by atoms with Gasteiger partial charge in [0.15, 0.2) is 5.78 Å². The van der Waals surface area contributed by atoms with Crippen molar-refractivity contribution in [3.8, 4) is 0 Å². The molecule has 4 nitrogen and oxygen atoms in total. The molecule has 0 heterocycles. The first-order chi connectivity index (χ1) is 4.09. The van der Waals surface area contributed by atoms with Gasteiger partial charge in [0.05, 0.1) is 6.61 Å². The maximum atomic E-state index is 10.2. The van der Waals surface area contributed by atoms with Crippen LogP contribution in [0.25, 0.3) is 0 Å². The Kier molecular flexibility index (Phi) is 3.37. The third kappa shape index (κ3) is 2.55. The second-order valence-electron chi connectivity index (χ2n) is 1.81. The van der Waals surface area contributed by atoms with Gasteiger partial charge in [0.2, 0.25) is 0 Å². The van der Waals surface area contributed by atoms with Crippen LogP contribution in [-0.2, 0) is 4.79 Å². The molecule has 0 spiro atoms. The van der Waals surface area contributed by atoms with Crippen molar-refractivity contribution in [2.45, 2.75) is 19.1 Å². The molecular weight excluding hydrogens is 128 g/mol. The van der Waals surface area contributed by atoms with E-state index in [1.165, 1.54) is 0 Å². The maximum Gasteiger partial charge on any atom is 0.160 e. The first-order valence-electron chi connectivity index (χ1n) is 2.57. The molecule has 0 bridgehead atoms. The fourth-order valence-corrected chi connectivity index (χ4v) is 0.371. The Balaban J connectivity index is 3.72. The first-order valence-corrected chi connectivity index (χ1v) is 2.57. The average molecular weight is 138 g/mol. The summed E-state index contributed by atoms with van der Waals surface area (Å²) in [7, 11) is 0. The monoisotopic (exact) mass is 138 g/mol. The first kappa shape index (κ1) is 8.55. The van der Waals surface area contributed by atoms with E-state index in [9.17, 15) is 4.79 Å². The van der Waals surface area contributed by atoms with E-state index in [1.807, 2.05) is 0 Å². The molecule has 0 radical (unpaired) electrons. The molecular formula is C5H10O4. The summed E-state index contributed by atoms with van der Waals surface area (Å²) in [6.45, 7) is 0.546. The van der Waals surface area contributed by atoms with Gasteiger partial charge in [-0.25, -0.2) is 0 Å². The number of ketones is 1. The Bertz CT molecular complexity index is 101. The van der Waals surface area contributed by atoms with Gasteiger partial charge < -0.3 is 15.3 Å². The highest BCUT2D eigenvalue weighted by Gasteiger charge is 2.18. The third-order valence-electron chi connectivity index (χ3n) is 0.968. The van der Waals surface area contributed by atoms with Crippen LogP contribution in [0.1, 0.15) is 6.92 Å². The van der Waals surface area contributed by atoms with Crippen molar-refractivity contribution in [1.82, 2.24) is 0 Å². The highest BCUT2D eigenvalue weighted by Crippen LogP contribution is 1.92. The summed E-state index contributed by atoms with van der Waals surface area (Å²) in [4.78, 5) is 10.2. The molecule has 0 saturated carbocycles. The molecule has 3 N–H and O–H groups in total. The Hall–Kier alpha value is -0.450. The number of carbonyl (C=O) groups excluding carboxylic acids is 1. The van der Waals surface area contributed by atoms with Crippen molar-refractivity contribution < 1.29 is 20.1 Å². The molecule has 54 valence electrons. The normalized spacial score (nSPS) is 16.9. The standard InChI is InChI=1S/C5H10O4/c1-3(7)5(9)4(8)2-6/h4-6,8-9H,2H2,1H3/t4-,5-/m1/s1/i2+1,3+1,4+1,5+1. The number of carbonyl (C=O) groups is 1. The largest absolute Gasteiger partial charge is 0.394 e. The predicted molar refractivity (Wildman–Crippen MR) is 29.8 cm³/mol. The molecule has 4 heteroatoms. The van der Waals surface area contributed by atoms with Crippen LogP contribution in [0.5, 0.6) is 0 Å². The maximum absolute atomic E-state index is 10.2. The molecule has 9 heavy (non-hydrogen) atoms. The van der Waals surface area contributed by atoms with Crippen LogP contribution in [0.2, 0.25) is 0 Å². The van der Waals surface area contributed by atoms with Gasteiger partial charge in [-0.3, -0.25) is 4.79 Å². The molecule has 0 fully saturated rings. The van der Waals surface area contributed by atoms with Gasteiger partial charge >= 0.3 is 0 Å². The smallest absolute Gasteiger partial charge is 0.160 e. The van der Waals surface area contributed by atoms with Gasteiger partial charge in [-0.1, -0.05) is 0 Å². The number of hydrogen-bond acceptors (Lipinski definition) is 4. The van der Waals surface area contributed by atoms with Gasteiger partial charge in [-0.05, 0) is 6.92 Å². The number of aliphatic hydroxyl groups is 3. The summed E-state index contributed by atoms with van der Waals surface area (Å²) in [5.41, 5.74) is 0. The molecule has 0 rings (SSSR count). The molecule has 0 amide bonds. The molecule has 0 saturated heterocycles. The van der Waals surface area contributed by atoms with Gasteiger partial charge in [-0.15, -0.1) is 0 Å². The zero-order valence-electron chi connectivity index (χ0n) is 5.11. The van der Waals surface area contributed by atoms with Crippen LogP contribution in [0.15, 0.2) is 0 Å². The number of rotatable bonds is 3. The van der Waals surface area contributed by atoms with Crippen molar-refractivity contribution in [3.05, 3.63) is 0 Å². The van der Waals surface area contributed by atoms with Crippen LogP contribution >= 0.6 is 0 Å². The van der Waals surface area contributed by atoms with Crippen molar-refractivity contribution in [2.24, 2.45) is 0 Å². The van der Waals surface area contributed by atoms with Gasteiger partial charge in [0.1, 0.15) is 12.2 Å². The number of aliphatic hydroxyl groups excluding tert-OH is 3. The average Bonchev–Trinajstić information content (AvgIpc) is 1.84. The van der Waals surface area contributed by atoms with E-state index in [0.29, 0.717) is 0 Å². The van der Waals surface area contributed by atoms with Gasteiger partial charge in [0.25, 0.3) is 0 Å². The topological polar surface area (TPSA) is 77.8 Å². The molecule has 0 aliphatic carbocycles. The molecule has 0 aromatic heterocycles. The Morgan fingerprint density at radius 3 is 2.11 bits per heavy atom.